The zero-order chi connectivity index (χ0) is 15.1. The topological polar surface area (TPSA) is 34.0 Å². The van der Waals surface area contributed by atoms with E-state index in [1.54, 1.807) is 6.07 Å². The first kappa shape index (κ1) is 16.3. The molecular weight excluding hydrogens is 260 g/mol. The summed E-state index contributed by atoms with van der Waals surface area (Å²) in [4.78, 5) is 12.2. The molecule has 1 N–H and O–H groups in total. The van der Waals surface area contributed by atoms with E-state index >= 15 is 0 Å². The maximum absolute atomic E-state index is 12.2. The van der Waals surface area contributed by atoms with Crippen LogP contribution < -0.4 is 10.9 Å². The summed E-state index contributed by atoms with van der Waals surface area (Å²) in [6, 6.07) is 4.27. The number of fused-ring (bicyclic) bond motifs is 1. The van der Waals surface area contributed by atoms with Gasteiger partial charge < -0.3 is 9.88 Å². The van der Waals surface area contributed by atoms with Gasteiger partial charge in [0.2, 0.25) is 0 Å². The minimum atomic E-state index is 0.182. The molecule has 3 heteroatoms. The summed E-state index contributed by atoms with van der Waals surface area (Å²) >= 11 is 0. The van der Waals surface area contributed by atoms with Crippen molar-refractivity contribution >= 4 is 0 Å². The molecule has 1 aliphatic rings. The van der Waals surface area contributed by atoms with Crippen molar-refractivity contribution in [3.63, 3.8) is 0 Å². The Balaban J connectivity index is 2.15. The predicted octanol–water partition coefficient (Wildman–Crippen LogP) is 3.81. The van der Waals surface area contributed by atoms with Crippen LogP contribution in [-0.4, -0.2) is 11.1 Å². The summed E-state index contributed by atoms with van der Waals surface area (Å²) in [5.41, 5.74) is 2.84. The van der Waals surface area contributed by atoms with Crippen LogP contribution >= 0.6 is 0 Å². The zero-order valence-corrected chi connectivity index (χ0v) is 13.7. The SMILES string of the molecule is CCCCCCn1c2c(ccc1=O)C(NCCC)CCC2. The lowest BCUT2D eigenvalue weighted by Crippen LogP contribution is -2.32. The lowest BCUT2D eigenvalue weighted by molar-refractivity contribution is 0.436. The van der Waals surface area contributed by atoms with E-state index in [1.165, 1.54) is 43.4 Å². The fraction of sp³-hybridized carbons (Fsp3) is 0.722. The highest BCUT2D eigenvalue weighted by Gasteiger charge is 2.22. The van der Waals surface area contributed by atoms with Crippen molar-refractivity contribution in [1.82, 2.24) is 9.88 Å². The van der Waals surface area contributed by atoms with Gasteiger partial charge in [0.1, 0.15) is 0 Å². The molecule has 21 heavy (non-hydrogen) atoms. The molecule has 1 unspecified atom stereocenters. The van der Waals surface area contributed by atoms with Gasteiger partial charge in [0.05, 0.1) is 0 Å². The maximum atomic E-state index is 12.2. The highest BCUT2D eigenvalue weighted by molar-refractivity contribution is 5.27. The second-order valence-electron chi connectivity index (χ2n) is 6.18. The molecule has 1 atom stereocenters. The van der Waals surface area contributed by atoms with E-state index < -0.39 is 0 Å². The van der Waals surface area contributed by atoms with E-state index in [9.17, 15) is 4.79 Å². The second kappa shape index (κ2) is 8.38. The molecule has 0 spiro atoms. The molecule has 0 bridgehead atoms. The molecule has 0 aliphatic heterocycles. The Bertz CT molecular complexity index is 492. The number of hydrogen-bond donors (Lipinski definition) is 1. The van der Waals surface area contributed by atoms with E-state index in [2.05, 4.69) is 25.2 Å². The smallest absolute Gasteiger partial charge is 0.250 e. The van der Waals surface area contributed by atoms with Crippen LogP contribution in [0.2, 0.25) is 0 Å². The van der Waals surface area contributed by atoms with Crippen LogP contribution in [0, 0.1) is 0 Å². The molecule has 0 saturated heterocycles. The average Bonchev–Trinajstić information content (AvgIpc) is 2.51. The number of rotatable bonds is 8. The van der Waals surface area contributed by atoms with Crippen LogP contribution in [0.15, 0.2) is 16.9 Å². The Labute approximate surface area is 128 Å². The summed E-state index contributed by atoms with van der Waals surface area (Å²) in [7, 11) is 0. The fourth-order valence-corrected chi connectivity index (χ4v) is 3.33. The van der Waals surface area contributed by atoms with Gasteiger partial charge in [0.25, 0.3) is 5.56 Å². The van der Waals surface area contributed by atoms with Crippen molar-refractivity contribution < 1.29 is 0 Å². The van der Waals surface area contributed by atoms with Gasteiger partial charge in [-0.15, -0.1) is 0 Å². The van der Waals surface area contributed by atoms with Gasteiger partial charge in [-0.1, -0.05) is 39.2 Å². The van der Waals surface area contributed by atoms with Gasteiger partial charge in [-0.25, -0.2) is 0 Å². The first-order chi connectivity index (χ1) is 10.3. The summed E-state index contributed by atoms with van der Waals surface area (Å²) in [5.74, 6) is 0. The lowest BCUT2D eigenvalue weighted by atomic mass is 9.90. The van der Waals surface area contributed by atoms with Crippen molar-refractivity contribution in [3.05, 3.63) is 33.7 Å². The van der Waals surface area contributed by atoms with Gasteiger partial charge in [0, 0.05) is 24.3 Å². The van der Waals surface area contributed by atoms with E-state index in [0.29, 0.717) is 6.04 Å². The Kier molecular flexibility index (Phi) is 6.50. The molecule has 0 amide bonds. The molecule has 1 aliphatic carbocycles. The minimum Gasteiger partial charge on any atom is -0.312 e. The van der Waals surface area contributed by atoms with Crippen LogP contribution in [0.3, 0.4) is 0 Å². The largest absolute Gasteiger partial charge is 0.312 e. The van der Waals surface area contributed by atoms with Crippen LogP contribution in [0.25, 0.3) is 0 Å². The normalized spacial score (nSPS) is 17.7. The molecule has 1 aromatic heterocycles. The molecule has 0 saturated carbocycles. The van der Waals surface area contributed by atoms with Crippen molar-refractivity contribution in [2.45, 2.75) is 77.8 Å². The number of aromatic nitrogens is 1. The fourth-order valence-electron chi connectivity index (χ4n) is 3.33. The van der Waals surface area contributed by atoms with Crippen LogP contribution in [0.1, 0.15) is 76.1 Å². The third kappa shape index (κ3) is 4.19. The van der Waals surface area contributed by atoms with Crippen LogP contribution in [0.4, 0.5) is 0 Å². The molecular formula is C18H30N2O. The monoisotopic (exact) mass is 290 g/mol. The van der Waals surface area contributed by atoms with Gasteiger partial charge in [-0.3, -0.25) is 4.79 Å². The van der Waals surface area contributed by atoms with Gasteiger partial charge in [-0.2, -0.15) is 0 Å². The molecule has 0 radical (unpaired) electrons. The number of hydrogen-bond acceptors (Lipinski definition) is 2. The summed E-state index contributed by atoms with van der Waals surface area (Å²) < 4.78 is 2.05. The number of nitrogens with one attached hydrogen (secondary N) is 1. The van der Waals surface area contributed by atoms with Crippen LogP contribution in [-0.2, 0) is 13.0 Å². The summed E-state index contributed by atoms with van der Waals surface area (Å²) in [6.07, 6.45) is 9.45. The quantitative estimate of drug-likeness (QED) is 0.739. The third-order valence-corrected chi connectivity index (χ3v) is 4.49. The van der Waals surface area contributed by atoms with Gasteiger partial charge in [-0.05, 0) is 44.2 Å². The molecule has 3 nitrogen and oxygen atoms in total. The van der Waals surface area contributed by atoms with E-state index in [0.717, 1.165) is 32.4 Å². The lowest BCUT2D eigenvalue weighted by Gasteiger charge is -2.28. The molecule has 2 rings (SSSR count). The van der Waals surface area contributed by atoms with E-state index in [1.807, 2.05) is 4.57 Å². The molecule has 1 heterocycles. The van der Waals surface area contributed by atoms with Crippen molar-refractivity contribution in [3.8, 4) is 0 Å². The zero-order valence-electron chi connectivity index (χ0n) is 13.7. The minimum absolute atomic E-state index is 0.182. The van der Waals surface area contributed by atoms with Gasteiger partial charge in [0.15, 0.2) is 0 Å². The Hall–Kier alpha value is -1.09. The first-order valence-corrected chi connectivity index (χ1v) is 8.74. The molecule has 0 aromatic carbocycles. The third-order valence-electron chi connectivity index (χ3n) is 4.49. The predicted molar refractivity (Wildman–Crippen MR) is 88.8 cm³/mol. The summed E-state index contributed by atoms with van der Waals surface area (Å²) in [6.45, 7) is 6.37. The van der Waals surface area contributed by atoms with E-state index in [4.69, 9.17) is 0 Å². The highest BCUT2D eigenvalue weighted by atomic mass is 16.1. The van der Waals surface area contributed by atoms with Gasteiger partial charge >= 0.3 is 0 Å². The molecule has 0 fully saturated rings. The van der Waals surface area contributed by atoms with Crippen molar-refractivity contribution in [2.75, 3.05) is 6.54 Å². The van der Waals surface area contributed by atoms with Crippen LogP contribution in [0.5, 0.6) is 0 Å². The second-order valence-corrected chi connectivity index (χ2v) is 6.18. The number of nitrogens with zero attached hydrogens (tertiary/aromatic N) is 1. The van der Waals surface area contributed by atoms with Crippen molar-refractivity contribution in [2.24, 2.45) is 0 Å². The van der Waals surface area contributed by atoms with E-state index in [-0.39, 0.29) is 5.56 Å². The molecule has 1 aromatic rings. The number of unbranched alkanes of at least 4 members (excludes halogenated alkanes) is 3. The number of pyridine rings is 1. The average molecular weight is 290 g/mol. The summed E-state index contributed by atoms with van der Waals surface area (Å²) in [5, 5.41) is 3.64. The Morgan fingerprint density at radius 1 is 1.19 bits per heavy atom. The standard InChI is InChI=1S/C18H30N2O/c1-3-5-6-7-14-20-17-10-8-9-16(19-13-4-2)15(17)11-12-18(20)21/h11-12,16,19H,3-10,13-14H2,1-2H3. The van der Waals surface area contributed by atoms with Crippen molar-refractivity contribution in [1.29, 1.82) is 0 Å². The Morgan fingerprint density at radius 2 is 2.05 bits per heavy atom. The Morgan fingerprint density at radius 3 is 2.81 bits per heavy atom. The highest BCUT2D eigenvalue weighted by Crippen LogP contribution is 2.28. The first-order valence-electron chi connectivity index (χ1n) is 8.74. The maximum Gasteiger partial charge on any atom is 0.250 e. The molecule has 118 valence electrons.